The van der Waals surface area contributed by atoms with E-state index < -0.39 is 0 Å². The van der Waals surface area contributed by atoms with Crippen LogP contribution >= 0.6 is 0 Å². The zero-order chi connectivity index (χ0) is 9.97. The van der Waals surface area contributed by atoms with Crippen LogP contribution in [0.5, 0.6) is 5.75 Å². The van der Waals surface area contributed by atoms with Crippen molar-refractivity contribution in [2.75, 3.05) is 6.61 Å². The first-order valence-electron chi connectivity index (χ1n) is 4.66. The molecule has 1 fully saturated rings. The van der Waals surface area contributed by atoms with Crippen molar-refractivity contribution in [1.82, 2.24) is 9.78 Å². The molecule has 14 heavy (non-hydrogen) atoms. The minimum atomic E-state index is -0.136. The second kappa shape index (κ2) is 3.79. The maximum absolute atomic E-state index is 10.4. The molecule has 5 nitrogen and oxygen atoms in total. The smallest absolute Gasteiger partial charge is 0.174 e. The molecule has 0 radical (unpaired) electrons. The molecule has 2 rings (SSSR count). The van der Waals surface area contributed by atoms with Crippen molar-refractivity contribution in [2.24, 2.45) is 0 Å². The summed E-state index contributed by atoms with van der Waals surface area (Å²) in [6.07, 6.45) is 4.85. The maximum atomic E-state index is 10.4. The Bertz CT molecular complexity index is 329. The Morgan fingerprint density at radius 1 is 1.64 bits per heavy atom. The second-order valence-corrected chi connectivity index (χ2v) is 3.32. The van der Waals surface area contributed by atoms with E-state index in [1.807, 2.05) is 0 Å². The van der Waals surface area contributed by atoms with Crippen molar-refractivity contribution in [2.45, 2.75) is 25.5 Å². The topological polar surface area (TPSA) is 64.4 Å². The van der Waals surface area contributed by atoms with Gasteiger partial charge in [-0.1, -0.05) is 0 Å². The standard InChI is InChI=1S/C9H12N2O3/c12-6-7-8(13)5-11(10-7)9-3-1-2-4-14-9/h5-6,9,13H,1-4H2/t9-/m1/s1. The summed E-state index contributed by atoms with van der Waals surface area (Å²) in [6, 6.07) is 0. The lowest BCUT2D eigenvalue weighted by Crippen LogP contribution is -2.18. The summed E-state index contributed by atoms with van der Waals surface area (Å²) in [6.45, 7) is 0.710. The normalized spacial score (nSPS) is 22.1. The van der Waals surface area contributed by atoms with E-state index in [-0.39, 0.29) is 17.7 Å². The van der Waals surface area contributed by atoms with Crippen LogP contribution in [0.1, 0.15) is 36.0 Å². The number of aldehydes is 1. The summed E-state index contributed by atoms with van der Waals surface area (Å²) in [7, 11) is 0. The van der Waals surface area contributed by atoms with Crippen molar-refractivity contribution in [3.8, 4) is 5.75 Å². The van der Waals surface area contributed by atoms with Gasteiger partial charge in [-0.3, -0.25) is 4.79 Å². The van der Waals surface area contributed by atoms with Gasteiger partial charge >= 0.3 is 0 Å². The van der Waals surface area contributed by atoms with Crippen molar-refractivity contribution in [3.63, 3.8) is 0 Å². The molecule has 76 valence electrons. The highest BCUT2D eigenvalue weighted by molar-refractivity contribution is 5.75. The van der Waals surface area contributed by atoms with Gasteiger partial charge < -0.3 is 9.84 Å². The molecule has 1 saturated heterocycles. The van der Waals surface area contributed by atoms with E-state index in [0.29, 0.717) is 12.9 Å². The average molecular weight is 196 g/mol. The number of aromatic hydroxyl groups is 1. The fourth-order valence-electron chi connectivity index (χ4n) is 1.56. The van der Waals surface area contributed by atoms with Gasteiger partial charge in [-0.15, -0.1) is 0 Å². The fraction of sp³-hybridized carbons (Fsp3) is 0.556. The number of nitrogens with zero attached hydrogens (tertiary/aromatic N) is 2. The van der Waals surface area contributed by atoms with Gasteiger partial charge in [0.2, 0.25) is 0 Å². The molecule has 1 aromatic rings. The Labute approximate surface area is 81.3 Å². The van der Waals surface area contributed by atoms with Crippen molar-refractivity contribution in [3.05, 3.63) is 11.9 Å². The molecule has 0 amide bonds. The molecule has 1 N–H and O–H groups in total. The quantitative estimate of drug-likeness (QED) is 0.719. The SMILES string of the molecule is O=Cc1nn([C@H]2CCCCO2)cc1O. The summed E-state index contributed by atoms with van der Waals surface area (Å²) in [5.74, 6) is -0.0887. The predicted molar refractivity (Wildman–Crippen MR) is 48.1 cm³/mol. The lowest BCUT2D eigenvalue weighted by molar-refractivity contribution is -0.0396. The summed E-state index contributed by atoms with van der Waals surface area (Å²) in [5.41, 5.74) is 0.0687. The van der Waals surface area contributed by atoms with Gasteiger partial charge in [0, 0.05) is 6.61 Å². The first-order valence-corrected chi connectivity index (χ1v) is 4.66. The third-order valence-corrected chi connectivity index (χ3v) is 2.30. The first-order chi connectivity index (χ1) is 6.81. The Morgan fingerprint density at radius 2 is 2.50 bits per heavy atom. The van der Waals surface area contributed by atoms with E-state index in [9.17, 15) is 9.90 Å². The fourth-order valence-corrected chi connectivity index (χ4v) is 1.56. The third-order valence-electron chi connectivity index (χ3n) is 2.30. The van der Waals surface area contributed by atoms with E-state index >= 15 is 0 Å². The van der Waals surface area contributed by atoms with Crippen molar-refractivity contribution in [1.29, 1.82) is 0 Å². The molecule has 0 aromatic carbocycles. The van der Waals surface area contributed by atoms with Gasteiger partial charge in [-0.2, -0.15) is 5.10 Å². The molecule has 1 aromatic heterocycles. The molecule has 0 bridgehead atoms. The van der Waals surface area contributed by atoms with Gasteiger partial charge in [0.15, 0.2) is 17.7 Å². The van der Waals surface area contributed by atoms with E-state index in [4.69, 9.17) is 4.74 Å². The molecular weight excluding hydrogens is 184 g/mol. The summed E-state index contributed by atoms with van der Waals surface area (Å²) in [5, 5.41) is 13.2. The van der Waals surface area contributed by atoms with Gasteiger partial charge in [-0.25, -0.2) is 4.68 Å². The summed E-state index contributed by atoms with van der Waals surface area (Å²) < 4.78 is 6.96. The van der Waals surface area contributed by atoms with Crippen LogP contribution in [0.2, 0.25) is 0 Å². The minimum absolute atomic E-state index is 0.0687. The highest BCUT2D eigenvalue weighted by Crippen LogP contribution is 2.24. The molecule has 1 aliphatic rings. The van der Waals surface area contributed by atoms with Crippen LogP contribution in [-0.4, -0.2) is 27.8 Å². The monoisotopic (exact) mass is 196 g/mol. The van der Waals surface area contributed by atoms with Crippen LogP contribution in [0.4, 0.5) is 0 Å². The Morgan fingerprint density at radius 3 is 3.07 bits per heavy atom. The first kappa shape index (κ1) is 9.21. The number of hydrogen-bond donors (Lipinski definition) is 1. The number of carbonyl (C=O) groups excluding carboxylic acids is 1. The molecule has 0 saturated carbocycles. The van der Waals surface area contributed by atoms with Crippen molar-refractivity contribution < 1.29 is 14.6 Å². The van der Waals surface area contributed by atoms with Crippen LogP contribution in [0.3, 0.4) is 0 Å². The highest BCUT2D eigenvalue weighted by Gasteiger charge is 2.18. The van der Waals surface area contributed by atoms with E-state index in [1.54, 1.807) is 0 Å². The molecule has 1 aliphatic heterocycles. The summed E-state index contributed by atoms with van der Waals surface area (Å²) in [4.78, 5) is 10.4. The van der Waals surface area contributed by atoms with Crippen LogP contribution in [0, 0.1) is 0 Å². The zero-order valence-electron chi connectivity index (χ0n) is 7.72. The molecule has 0 spiro atoms. The van der Waals surface area contributed by atoms with E-state index in [0.717, 1.165) is 19.3 Å². The maximum Gasteiger partial charge on any atom is 0.174 e. The Balaban J connectivity index is 2.18. The van der Waals surface area contributed by atoms with Gasteiger partial charge in [0.25, 0.3) is 0 Å². The number of hydrogen-bond acceptors (Lipinski definition) is 4. The van der Waals surface area contributed by atoms with Crippen molar-refractivity contribution >= 4 is 6.29 Å². The van der Waals surface area contributed by atoms with Gasteiger partial charge in [-0.05, 0) is 19.3 Å². The Kier molecular flexibility index (Phi) is 2.49. The van der Waals surface area contributed by atoms with E-state index in [1.165, 1.54) is 10.9 Å². The zero-order valence-corrected chi connectivity index (χ0v) is 7.72. The number of carbonyl (C=O) groups is 1. The van der Waals surface area contributed by atoms with Crippen LogP contribution < -0.4 is 0 Å². The van der Waals surface area contributed by atoms with Crippen LogP contribution in [0.15, 0.2) is 6.20 Å². The van der Waals surface area contributed by atoms with Gasteiger partial charge in [0.05, 0.1) is 6.20 Å². The number of rotatable bonds is 2. The molecule has 0 unspecified atom stereocenters. The largest absolute Gasteiger partial charge is 0.504 e. The highest BCUT2D eigenvalue weighted by atomic mass is 16.5. The third kappa shape index (κ3) is 1.63. The van der Waals surface area contributed by atoms with Gasteiger partial charge in [0.1, 0.15) is 6.23 Å². The average Bonchev–Trinajstić information content (AvgIpc) is 2.61. The summed E-state index contributed by atoms with van der Waals surface area (Å²) >= 11 is 0. The Hall–Kier alpha value is -1.36. The number of ether oxygens (including phenoxy) is 1. The molecule has 0 aliphatic carbocycles. The predicted octanol–water partition coefficient (Wildman–Crippen LogP) is 1.10. The van der Waals surface area contributed by atoms with Crippen LogP contribution in [-0.2, 0) is 4.74 Å². The lowest BCUT2D eigenvalue weighted by Gasteiger charge is -2.22. The second-order valence-electron chi connectivity index (χ2n) is 3.32. The molecular formula is C9H12N2O3. The number of aromatic nitrogens is 2. The molecule has 1 atom stereocenters. The minimum Gasteiger partial charge on any atom is -0.504 e. The van der Waals surface area contributed by atoms with Crippen LogP contribution in [0.25, 0.3) is 0 Å². The molecule has 2 heterocycles. The molecule has 5 heteroatoms. The lowest BCUT2D eigenvalue weighted by atomic mass is 10.2. The van der Waals surface area contributed by atoms with E-state index in [2.05, 4.69) is 5.10 Å².